The number of aryl methyl sites for hydroxylation is 1. The summed E-state index contributed by atoms with van der Waals surface area (Å²) in [6, 6.07) is 2.70. The van der Waals surface area contributed by atoms with Gasteiger partial charge in [-0.1, -0.05) is 13.8 Å². The molecule has 0 atom stereocenters. The van der Waals surface area contributed by atoms with Gasteiger partial charge in [-0.05, 0) is 45.2 Å². The van der Waals surface area contributed by atoms with E-state index in [0.29, 0.717) is 5.56 Å². The fourth-order valence-electron chi connectivity index (χ4n) is 2.30. The Kier molecular flexibility index (Phi) is 4.28. The van der Waals surface area contributed by atoms with E-state index >= 15 is 0 Å². The van der Waals surface area contributed by atoms with Gasteiger partial charge in [0.1, 0.15) is 17.2 Å². The Morgan fingerprint density at radius 2 is 1.91 bits per heavy atom. The van der Waals surface area contributed by atoms with Gasteiger partial charge in [-0.15, -0.1) is 0 Å². The third-order valence-electron chi connectivity index (χ3n) is 3.35. The number of rotatable bonds is 1. The minimum absolute atomic E-state index is 0.0879. The Labute approximate surface area is 134 Å². The average molecular weight is 320 g/mol. The third-order valence-corrected chi connectivity index (χ3v) is 3.35. The molecule has 1 heterocycles. The van der Waals surface area contributed by atoms with Crippen LogP contribution in [-0.4, -0.2) is 21.2 Å². The van der Waals surface area contributed by atoms with Crippen LogP contribution < -0.4 is 5.56 Å². The standard InChI is InChI=1S/C17H21FN2O3/c1-9(2)11-7-12-14(8-13(11)18)19-10(3)20(15(12)21)16(22)23-17(4,5)6/h7-9H,1-6H3. The second-order valence-electron chi connectivity index (χ2n) is 6.83. The smallest absolute Gasteiger partial charge is 0.422 e. The number of fused-ring (bicyclic) bond motifs is 1. The summed E-state index contributed by atoms with van der Waals surface area (Å²) in [5.74, 6) is -0.336. The molecule has 0 spiro atoms. The van der Waals surface area contributed by atoms with Crippen LogP contribution >= 0.6 is 0 Å². The van der Waals surface area contributed by atoms with E-state index in [1.165, 1.54) is 19.1 Å². The van der Waals surface area contributed by atoms with E-state index in [2.05, 4.69) is 4.98 Å². The zero-order chi connectivity index (χ0) is 17.5. The van der Waals surface area contributed by atoms with Crippen molar-refractivity contribution in [3.8, 4) is 0 Å². The molecule has 0 aliphatic carbocycles. The first kappa shape index (κ1) is 17.1. The largest absolute Gasteiger partial charge is 0.443 e. The maximum Gasteiger partial charge on any atom is 0.422 e. The highest BCUT2D eigenvalue weighted by Crippen LogP contribution is 2.22. The summed E-state index contributed by atoms with van der Waals surface area (Å²) in [5, 5.41) is 0.201. The first-order valence-electron chi connectivity index (χ1n) is 7.47. The quantitative estimate of drug-likeness (QED) is 0.803. The Balaban J connectivity index is 2.71. The third kappa shape index (κ3) is 3.41. The molecule has 0 N–H and O–H groups in total. The van der Waals surface area contributed by atoms with Crippen LogP contribution in [0.1, 0.15) is 51.9 Å². The molecule has 0 fully saturated rings. The summed E-state index contributed by atoms with van der Waals surface area (Å²) in [7, 11) is 0. The van der Waals surface area contributed by atoms with E-state index in [-0.39, 0.29) is 22.6 Å². The molecule has 0 aliphatic rings. The molecule has 2 aromatic rings. The molecule has 0 amide bonds. The zero-order valence-electron chi connectivity index (χ0n) is 14.2. The van der Waals surface area contributed by atoms with E-state index in [1.54, 1.807) is 20.8 Å². The van der Waals surface area contributed by atoms with Crippen LogP contribution in [0.15, 0.2) is 16.9 Å². The van der Waals surface area contributed by atoms with Crippen molar-refractivity contribution in [1.29, 1.82) is 0 Å². The fraction of sp³-hybridized carbons (Fsp3) is 0.471. The molecule has 2 rings (SSSR count). The van der Waals surface area contributed by atoms with E-state index in [4.69, 9.17) is 4.74 Å². The number of benzene rings is 1. The minimum atomic E-state index is -0.787. The molecular formula is C17H21FN2O3. The lowest BCUT2D eigenvalue weighted by Crippen LogP contribution is -2.35. The molecule has 1 aromatic heterocycles. The Morgan fingerprint density at radius 1 is 1.30 bits per heavy atom. The number of hydrogen-bond donors (Lipinski definition) is 0. The number of aromatic nitrogens is 2. The summed E-state index contributed by atoms with van der Waals surface area (Å²) in [5.41, 5.74) is -0.641. The maximum absolute atomic E-state index is 14.1. The van der Waals surface area contributed by atoms with Crippen LogP contribution in [0.2, 0.25) is 0 Å². The number of carbonyl (C=O) groups is 1. The van der Waals surface area contributed by atoms with Gasteiger partial charge in [0.25, 0.3) is 5.56 Å². The zero-order valence-corrected chi connectivity index (χ0v) is 14.2. The highest BCUT2D eigenvalue weighted by molar-refractivity contribution is 5.82. The van der Waals surface area contributed by atoms with Gasteiger partial charge in [-0.3, -0.25) is 4.79 Å². The van der Waals surface area contributed by atoms with Crippen molar-refractivity contribution in [1.82, 2.24) is 9.55 Å². The molecule has 0 aliphatic heterocycles. The molecule has 5 nitrogen and oxygen atoms in total. The first-order valence-corrected chi connectivity index (χ1v) is 7.47. The molecule has 0 unspecified atom stereocenters. The summed E-state index contributed by atoms with van der Waals surface area (Å²) in [6.45, 7) is 10.3. The summed E-state index contributed by atoms with van der Waals surface area (Å²) in [4.78, 5) is 29.1. The van der Waals surface area contributed by atoms with Gasteiger partial charge in [0, 0.05) is 6.07 Å². The van der Waals surface area contributed by atoms with E-state index < -0.39 is 23.1 Å². The second kappa shape index (κ2) is 5.76. The predicted octanol–water partition coefficient (Wildman–Crippen LogP) is 3.75. The van der Waals surface area contributed by atoms with Gasteiger partial charge in [0.2, 0.25) is 0 Å². The van der Waals surface area contributed by atoms with Crippen molar-refractivity contribution in [3.05, 3.63) is 39.7 Å². The summed E-state index contributed by atoms with van der Waals surface area (Å²) >= 11 is 0. The van der Waals surface area contributed by atoms with Crippen molar-refractivity contribution in [2.75, 3.05) is 0 Å². The number of ether oxygens (including phenoxy) is 1. The lowest BCUT2D eigenvalue weighted by molar-refractivity contribution is 0.0526. The molecular weight excluding hydrogens is 299 g/mol. The normalized spacial score (nSPS) is 12.0. The molecule has 0 bridgehead atoms. The monoisotopic (exact) mass is 320 g/mol. The van der Waals surface area contributed by atoms with Crippen LogP contribution in [0.3, 0.4) is 0 Å². The Hall–Kier alpha value is -2.24. The van der Waals surface area contributed by atoms with Crippen molar-refractivity contribution < 1.29 is 13.9 Å². The van der Waals surface area contributed by atoms with Gasteiger partial charge < -0.3 is 4.74 Å². The maximum atomic E-state index is 14.1. The topological polar surface area (TPSA) is 61.2 Å². The highest BCUT2D eigenvalue weighted by atomic mass is 19.1. The lowest BCUT2D eigenvalue weighted by atomic mass is 10.0. The van der Waals surface area contributed by atoms with Crippen LogP contribution in [0.5, 0.6) is 0 Å². The summed E-state index contributed by atoms with van der Waals surface area (Å²) in [6.07, 6.45) is -0.787. The van der Waals surface area contributed by atoms with Crippen LogP contribution in [0.4, 0.5) is 9.18 Å². The molecule has 0 saturated heterocycles. The fourth-order valence-corrected chi connectivity index (χ4v) is 2.30. The molecule has 0 radical (unpaired) electrons. The van der Waals surface area contributed by atoms with Crippen LogP contribution in [0.25, 0.3) is 10.9 Å². The van der Waals surface area contributed by atoms with Gasteiger partial charge in [-0.25, -0.2) is 14.2 Å². The molecule has 124 valence electrons. The Bertz CT molecular complexity index is 832. The molecule has 6 heteroatoms. The highest BCUT2D eigenvalue weighted by Gasteiger charge is 2.22. The van der Waals surface area contributed by atoms with Crippen molar-refractivity contribution in [3.63, 3.8) is 0 Å². The van der Waals surface area contributed by atoms with E-state index in [9.17, 15) is 14.0 Å². The molecule has 23 heavy (non-hydrogen) atoms. The van der Waals surface area contributed by atoms with Crippen molar-refractivity contribution in [2.45, 2.75) is 53.1 Å². The summed E-state index contributed by atoms with van der Waals surface area (Å²) < 4.78 is 20.2. The molecule has 1 aromatic carbocycles. The lowest BCUT2D eigenvalue weighted by Gasteiger charge is -2.20. The predicted molar refractivity (Wildman–Crippen MR) is 86.4 cm³/mol. The van der Waals surface area contributed by atoms with Gasteiger partial charge >= 0.3 is 6.09 Å². The Morgan fingerprint density at radius 3 is 2.43 bits per heavy atom. The number of halogens is 1. The van der Waals surface area contributed by atoms with E-state index in [1.807, 2.05) is 13.8 Å². The van der Waals surface area contributed by atoms with Gasteiger partial charge in [-0.2, -0.15) is 4.57 Å². The van der Waals surface area contributed by atoms with Gasteiger partial charge in [0.05, 0.1) is 10.9 Å². The average Bonchev–Trinajstić information content (AvgIpc) is 2.35. The second-order valence-corrected chi connectivity index (χ2v) is 6.83. The number of hydrogen-bond acceptors (Lipinski definition) is 4. The molecule has 0 saturated carbocycles. The number of nitrogens with zero attached hydrogens (tertiary/aromatic N) is 2. The SMILES string of the molecule is Cc1nc2cc(F)c(C(C)C)cc2c(=O)n1C(=O)OC(C)(C)C. The van der Waals surface area contributed by atoms with Crippen molar-refractivity contribution in [2.24, 2.45) is 0 Å². The van der Waals surface area contributed by atoms with Crippen LogP contribution in [-0.2, 0) is 4.74 Å². The van der Waals surface area contributed by atoms with Crippen molar-refractivity contribution >= 4 is 17.0 Å². The number of carbonyl (C=O) groups excluding carboxylic acids is 1. The van der Waals surface area contributed by atoms with Crippen LogP contribution in [0, 0.1) is 12.7 Å². The van der Waals surface area contributed by atoms with Gasteiger partial charge in [0.15, 0.2) is 0 Å². The van der Waals surface area contributed by atoms with E-state index in [0.717, 1.165) is 4.57 Å². The minimum Gasteiger partial charge on any atom is -0.443 e. The first-order chi connectivity index (χ1) is 10.5.